The SMILES string of the molecule is Oc1ccc(NN2CCNCC2)cc1F. The highest BCUT2D eigenvalue weighted by Gasteiger charge is 2.09. The molecule has 0 aromatic heterocycles. The second kappa shape index (κ2) is 4.46. The molecule has 1 saturated heterocycles. The zero-order valence-electron chi connectivity index (χ0n) is 8.33. The van der Waals surface area contributed by atoms with Crippen molar-refractivity contribution < 1.29 is 9.50 Å². The largest absolute Gasteiger partial charge is 0.505 e. The molecule has 0 radical (unpaired) electrons. The first-order chi connectivity index (χ1) is 7.25. The molecule has 1 fully saturated rings. The van der Waals surface area contributed by atoms with Crippen molar-refractivity contribution in [2.75, 3.05) is 31.6 Å². The van der Waals surface area contributed by atoms with Crippen LogP contribution in [0.4, 0.5) is 10.1 Å². The van der Waals surface area contributed by atoms with Crippen LogP contribution in [0.15, 0.2) is 18.2 Å². The van der Waals surface area contributed by atoms with Crippen LogP contribution in [0, 0.1) is 5.82 Å². The number of nitrogens with zero attached hydrogens (tertiary/aromatic N) is 1. The standard InChI is InChI=1S/C10H14FN3O/c11-9-7-8(1-2-10(9)15)13-14-5-3-12-4-6-14/h1-2,7,12-13,15H,3-6H2. The summed E-state index contributed by atoms with van der Waals surface area (Å²) >= 11 is 0. The molecule has 0 amide bonds. The lowest BCUT2D eigenvalue weighted by molar-refractivity contribution is 0.287. The van der Waals surface area contributed by atoms with Crippen molar-refractivity contribution in [3.63, 3.8) is 0 Å². The summed E-state index contributed by atoms with van der Waals surface area (Å²) in [4.78, 5) is 0. The molecule has 0 unspecified atom stereocenters. The Kier molecular flexibility index (Phi) is 3.03. The summed E-state index contributed by atoms with van der Waals surface area (Å²) in [7, 11) is 0. The first kappa shape index (κ1) is 10.2. The minimum absolute atomic E-state index is 0.319. The molecule has 0 saturated carbocycles. The van der Waals surface area contributed by atoms with E-state index in [-0.39, 0.29) is 5.75 Å². The molecule has 1 aliphatic heterocycles. The van der Waals surface area contributed by atoms with E-state index >= 15 is 0 Å². The molecule has 0 aliphatic carbocycles. The summed E-state index contributed by atoms with van der Waals surface area (Å²) < 4.78 is 13.0. The topological polar surface area (TPSA) is 47.5 Å². The van der Waals surface area contributed by atoms with Crippen LogP contribution in [-0.4, -0.2) is 36.3 Å². The van der Waals surface area contributed by atoms with Gasteiger partial charge in [0.2, 0.25) is 0 Å². The first-order valence-electron chi connectivity index (χ1n) is 4.96. The Hall–Kier alpha value is -1.33. The van der Waals surface area contributed by atoms with Gasteiger partial charge >= 0.3 is 0 Å². The van der Waals surface area contributed by atoms with Crippen LogP contribution in [0.3, 0.4) is 0 Å². The lowest BCUT2D eigenvalue weighted by atomic mass is 10.3. The predicted octanol–water partition coefficient (Wildman–Crippen LogP) is 0.763. The predicted molar refractivity (Wildman–Crippen MR) is 56.1 cm³/mol. The molecule has 1 heterocycles. The van der Waals surface area contributed by atoms with Crippen LogP contribution in [0.1, 0.15) is 0 Å². The molecule has 3 N–H and O–H groups in total. The summed E-state index contributed by atoms with van der Waals surface area (Å²) in [5.74, 6) is -0.920. The molecule has 2 rings (SSSR count). The maximum Gasteiger partial charge on any atom is 0.166 e. The highest BCUT2D eigenvalue weighted by molar-refractivity contribution is 5.46. The third-order valence-electron chi connectivity index (χ3n) is 2.35. The van der Waals surface area contributed by atoms with Gasteiger partial charge in [0.05, 0.1) is 5.69 Å². The Balaban J connectivity index is 2.00. The number of benzene rings is 1. The number of anilines is 1. The molecule has 1 aromatic rings. The maximum absolute atomic E-state index is 13.0. The molecule has 15 heavy (non-hydrogen) atoms. The number of piperazine rings is 1. The molecular weight excluding hydrogens is 197 g/mol. The van der Waals surface area contributed by atoms with Crippen molar-refractivity contribution >= 4 is 5.69 Å². The van der Waals surface area contributed by atoms with Crippen molar-refractivity contribution in [2.24, 2.45) is 0 Å². The zero-order chi connectivity index (χ0) is 10.7. The van der Waals surface area contributed by atoms with Gasteiger partial charge in [0.1, 0.15) is 0 Å². The molecular formula is C10H14FN3O. The Morgan fingerprint density at radius 1 is 1.33 bits per heavy atom. The van der Waals surface area contributed by atoms with Crippen molar-refractivity contribution in [3.8, 4) is 5.75 Å². The van der Waals surface area contributed by atoms with Gasteiger partial charge in [0.15, 0.2) is 11.6 Å². The maximum atomic E-state index is 13.0. The van der Waals surface area contributed by atoms with Gasteiger partial charge in [-0.05, 0) is 12.1 Å². The van der Waals surface area contributed by atoms with Crippen LogP contribution >= 0.6 is 0 Å². The monoisotopic (exact) mass is 211 g/mol. The normalized spacial score (nSPS) is 17.7. The van der Waals surface area contributed by atoms with E-state index < -0.39 is 5.82 Å². The van der Waals surface area contributed by atoms with Gasteiger partial charge in [-0.3, -0.25) is 0 Å². The number of hydrazine groups is 1. The molecule has 1 aromatic carbocycles. The first-order valence-corrected chi connectivity index (χ1v) is 4.96. The van der Waals surface area contributed by atoms with Gasteiger partial charge in [-0.25, -0.2) is 9.40 Å². The van der Waals surface area contributed by atoms with Gasteiger partial charge in [-0.15, -0.1) is 0 Å². The fraction of sp³-hybridized carbons (Fsp3) is 0.400. The molecule has 0 bridgehead atoms. The quantitative estimate of drug-likeness (QED) is 0.632. The van der Waals surface area contributed by atoms with E-state index in [2.05, 4.69) is 10.7 Å². The molecule has 4 nitrogen and oxygen atoms in total. The highest BCUT2D eigenvalue weighted by atomic mass is 19.1. The zero-order valence-corrected chi connectivity index (χ0v) is 8.33. The van der Waals surface area contributed by atoms with Crippen LogP contribution in [0.5, 0.6) is 5.75 Å². The molecule has 5 heteroatoms. The Morgan fingerprint density at radius 3 is 2.73 bits per heavy atom. The lowest BCUT2D eigenvalue weighted by Crippen LogP contribution is -2.46. The van der Waals surface area contributed by atoms with Gasteiger partial charge in [0.25, 0.3) is 0 Å². The van der Waals surface area contributed by atoms with Crippen molar-refractivity contribution in [2.45, 2.75) is 0 Å². The second-order valence-electron chi connectivity index (χ2n) is 3.52. The van der Waals surface area contributed by atoms with Crippen LogP contribution in [0.25, 0.3) is 0 Å². The van der Waals surface area contributed by atoms with Crippen LogP contribution in [-0.2, 0) is 0 Å². The molecule has 0 atom stereocenters. The van der Waals surface area contributed by atoms with Crippen LogP contribution < -0.4 is 10.7 Å². The number of phenols is 1. The van der Waals surface area contributed by atoms with E-state index in [9.17, 15) is 4.39 Å². The number of hydrogen-bond acceptors (Lipinski definition) is 4. The fourth-order valence-corrected chi connectivity index (χ4v) is 1.54. The van der Waals surface area contributed by atoms with E-state index in [1.54, 1.807) is 6.07 Å². The summed E-state index contributed by atoms with van der Waals surface area (Å²) in [6.07, 6.45) is 0. The van der Waals surface area contributed by atoms with E-state index in [4.69, 9.17) is 5.11 Å². The summed E-state index contributed by atoms with van der Waals surface area (Å²) in [6, 6.07) is 4.29. The minimum atomic E-state index is -0.602. The third-order valence-corrected chi connectivity index (χ3v) is 2.35. The fourth-order valence-electron chi connectivity index (χ4n) is 1.54. The minimum Gasteiger partial charge on any atom is -0.505 e. The van der Waals surface area contributed by atoms with E-state index in [0.29, 0.717) is 5.69 Å². The molecule has 0 spiro atoms. The lowest BCUT2D eigenvalue weighted by Gasteiger charge is -2.28. The van der Waals surface area contributed by atoms with E-state index in [0.717, 1.165) is 26.2 Å². The number of phenolic OH excluding ortho intramolecular Hbond substituents is 1. The van der Waals surface area contributed by atoms with Gasteiger partial charge in [0, 0.05) is 32.2 Å². The van der Waals surface area contributed by atoms with Gasteiger partial charge in [-0.2, -0.15) is 0 Å². The smallest absolute Gasteiger partial charge is 0.166 e. The van der Waals surface area contributed by atoms with Crippen molar-refractivity contribution in [1.29, 1.82) is 0 Å². The number of hydrogen-bond donors (Lipinski definition) is 3. The van der Waals surface area contributed by atoms with Crippen molar-refractivity contribution in [1.82, 2.24) is 10.3 Å². The third kappa shape index (κ3) is 2.57. The Labute approximate surface area is 87.7 Å². The number of rotatable bonds is 2. The second-order valence-corrected chi connectivity index (χ2v) is 3.52. The summed E-state index contributed by atoms with van der Waals surface area (Å²) in [6.45, 7) is 3.60. The van der Waals surface area contributed by atoms with E-state index in [1.165, 1.54) is 12.1 Å². The number of nitrogens with one attached hydrogen (secondary N) is 2. The average Bonchev–Trinajstić information content (AvgIpc) is 2.25. The average molecular weight is 211 g/mol. The molecule has 82 valence electrons. The Morgan fingerprint density at radius 2 is 2.07 bits per heavy atom. The highest BCUT2D eigenvalue weighted by Crippen LogP contribution is 2.19. The Bertz CT molecular complexity index is 339. The molecule has 1 aliphatic rings. The van der Waals surface area contributed by atoms with E-state index in [1.807, 2.05) is 5.01 Å². The summed E-state index contributed by atoms with van der Waals surface area (Å²) in [5.41, 5.74) is 3.75. The number of halogens is 1. The van der Waals surface area contributed by atoms with Crippen LogP contribution in [0.2, 0.25) is 0 Å². The van der Waals surface area contributed by atoms with Crippen molar-refractivity contribution in [3.05, 3.63) is 24.0 Å². The van der Waals surface area contributed by atoms with Gasteiger partial charge in [-0.1, -0.05) is 0 Å². The van der Waals surface area contributed by atoms with Gasteiger partial charge < -0.3 is 15.8 Å². The number of aromatic hydroxyl groups is 1. The summed E-state index contributed by atoms with van der Waals surface area (Å²) in [5, 5.41) is 14.3.